The first kappa shape index (κ1) is 17.4. The van der Waals surface area contributed by atoms with Crippen LogP contribution in [0, 0.1) is 0 Å². The Hall–Kier alpha value is -2.99. The first-order chi connectivity index (χ1) is 13.1. The summed E-state index contributed by atoms with van der Waals surface area (Å²) in [4.78, 5) is 33.9. The van der Waals surface area contributed by atoms with Gasteiger partial charge < -0.3 is 10.7 Å². The van der Waals surface area contributed by atoms with Gasteiger partial charge in [-0.2, -0.15) is 0 Å². The number of H-pyrrole nitrogens is 1. The largest absolute Gasteiger partial charge is 0.366 e. The van der Waals surface area contributed by atoms with E-state index in [2.05, 4.69) is 20.9 Å². The van der Waals surface area contributed by atoms with Crippen LogP contribution in [0.1, 0.15) is 46.9 Å². The van der Waals surface area contributed by atoms with Gasteiger partial charge in [-0.1, -0.05) is 12.5 Å². The van der Waals surface area contributed by atoms with Crippen LogP contribution in [0.2, 0.25) is 0 Å². The minimum Gasteiger partial charge on any atom is -0.366 e. The fourth-order valence-corrected chi connectivity index (χ4v) is 3.89. The molecule has 1 aliphatic heterocycles. The van der Waals surface area contributed by atoms with Crippen LogP contribution in [0.3, 0.4) is 0 Å². The Morgan fingerprint density at radius 3 is 2.93 bits per heavy atom. The predicted octanol–water partition coefficient (Wildman–Crippen LogP) is 2.75. The minimum atomic E-state index is -0.534. The standard InChI is InChI=1S/C21H22N4O2/c22-21(27)14-6-7-18-17(10-14)20(26)11-16(24-18)13-25-9-2-1-5-19(25)15-4-3-8-23-12-15/h3-4,6-8,10-12,19H,1-2,5,9,13H2,(H2,22,27)(H,24,26)/t19-/m1/s1. The molecule has 4 rings (SSSR count). The van der Waals surface area contributed by atoms with Crippen LogP contribution in [0.25, 0.3) is 10.9 Å². The van der Waals surface area contributed by atoms with E-state index in [1.54, 1.807) is 30.5 Å². The molecule has 3 heterocycles. The van der Waals surface area contributed by atoms with Gasteiger partial charge in [0.2, 0.25) is 5.91 Å². The summed E-state index contributed by atoms with van der Waals surface area (Å²) in [6.07, 6.45) is 7.15. The Morgan fingerprint density at radius 2 is 2.15 bits per heavy atom. The van der Waals surface area contributed by atoms with Crippen LogP contribution >= 0.6 is 0 Å². The van der Waals surface area contributed by atoms with Gasteiger partial charge in [-0.15, -0.1) is 0 Å². The Bertz CT molecular complexity index is 1030. The Kier molecular flexibility index (Phi) is 4.73. The number of hydrogen-bond donors (Lipinski definition) is 2. The number of rotatable bonds is 4. The summed E-state index contributed by atoms with van der Waals surface area (Å²) in [5, 5.41) is 0.484. The van der Waals surface area contributed by atoms with E-state index >= 15 is 0 Å². The maximum Gasteiger partial charge on any atom is 0.248 e. The van der Waals surface area contributed by atoms with E-state index in [0.717, 1.165) is 30.6 Å². The molecule has 6 heteroatoms. The third kappa shape index (κ3) is 3.61. The van der Waals surface area contributed by atoms with Gasteiger partial charge in [0.15, 0.2) is 5.43 Å². The van der Waals surface area contributed by atoms with E-state index in [-0.39, 0.29) is 5.43 Å². The van der Waals surface area contributed by atoms with Crippen LogP contribution in [-0.4, -0.2) is 27.3 Å². The third-order valence-corrected chi connectivity index (χ3v) is 5.23. The number of nitrogens with zero attached hydrogens (tertiary/aromatic N) is 2. The molecular weight excluding hydrogens is 340 g/mol. The number of fused-ring (bicyclic) bond motifs is 1. The van der Waals surface area contributed by atoms with E-state index in [1.807, 2.05) is 12.3 Å². The number of benzene rings is 1. The lowest BCUT2D eigenvalue weighted by atomic mass is 9.96. The number of nitrogens with one attached hydrogen (secondary N) is 1. The molecule has 1 atom stereocenters. The number of nitrogens with two attached hydrogens (primary N) is 1. The molecule has 27 heavy (non-hydrogen) atoms. The summed E-state index contributed by atoms with van der Waals surface area (Å²) in [6, 6.07) is 11.0. The SMILES string of the molecule is NC(=O)c1ccc2[nH]c(CN3CCCC[C@@H]3c3cccnc3)cc(=O)c2c1. The number of piperidine rings is 1. The van der Waals surface area contributed by atoms with Gasteiger partial charge in [-0.3, -0.25) is 19.5 Å². The molecule has 138 valence electrons. The normalized spacial score (nSPS) is 17.9. The average Bonchev–Trinajstić information content (AvgIpc) is 2.69. The van der Waals surface area contributed by atoms with Crippen molar-refractivity contribution in [3.63, 3.8) is 0 Å². The second-order valence-corrected chi connectivity index (χ2v) is 7.05. The molecular formula is C21H22N4O2. The molecule has 1 saturated heterocycles. The fourth-order valence-electron chi connectivity index (χ4n) is 3.89. The van der Waals surface area contributed by atoms with E-state index in [0.29, 0.717) is 23.5 Å². The maximum atomic E-state index is 12.6. The van der Waals surface area contributed by atoms with Crippen LogP contribution in [0.5, 0.6) is 0 Å². The molecule has 1 aromatic carbocycles. The first-order valence-corrected chi connectivity index (χ1v) is 9.21. The van der Waals surface area contributed by atoms with Crippen molar-refractivity contribution in [2.24, 2.45) is 5.73 Å². The van der Waals surface area contributed by atoms with Gasteiger partial charge in [0.25, 0.3) is 0 Å². The number of carbonyl (C=O) groups excluding carboxylic acids is 1. The quantitative estimate of drug-likeness (QED) is 0.746. The monoisotopic (exact) mass is 362 g/mol. The number of amides is 1. The molecule has 1 fully saturated rings. The van der Waals surface area contributed by atoms with Crippen molar-refractivity contribution in [2.75, 3.05) is 6.54 Å². The van der Waals surface area contributed by atoms with Crippen molar-refractivity contribution < 1.29 is 4.79 Å². The number of aromatic amines is 1. The second-order valence-electron chi connectivity index (χ2n) is 7.05. The second kappa shape index (κ2) is 7.32. The molecule has 1 amide bonds. The molecule has 0 unspecified atom stereocenters. The molecule has 6 nitrogen and oxygen atoms in total. The third-order valence-electron chi connectivity index (χ3n) is 5.23. The highest BCUT2D eigenvalue weighted by Crippen LogP contribution is 2.31. The van der Waals surface area contributed by atoms with Crippen LogP contribution in [0.4, 0.5) is 0 Å². The molecule has 1 aliphatic rings. The molecule has 0 radical (unpaired) electrons. The Labute approximate surface area is 157 Å². The van der Waals surface area contributed by atoms with Gasteiger partial charge >= 0.3 is 0 Å². The number of primary amides is 1. The zero-order valence-electron chi connectivity index (χ0n) is 15.0. The van der Waals surface area contributed by atoms with Gasteiger partial charge in [0, 0.05) is 53.2 Å². The molecule has 2 aromatic heterocycles. The summed E-state index contributed by atoms with van der Waals surface area (Å²) in [5.41, 5.74) is 8.36. The van der Waals surface area contributed by atoms with Crippen LogP contribution < -0.4 is 11.2 Å². The topological polar surface area (TPSA) is 92.1 Å². The van der Waals surface area contributed by atoms with E-state index in [4.69, 9.17) is 5.73 Å². The zero-order chi connectivity index (χ0) is 18.8. The van der Waals surface area contributed by atoms with E-state index in [9.17, 15) is 9.59 Å². The molecule has 0 spiro atoms. The predicted molar refractivity (Wildman–Crippen MR) is 104 cm³/mol. The number of likely N-dealkylation sites (tertiary alicyclic amines) is 1. The summed E-state index contributed by atoms with van der Waals surface area (Å²) in [5.74, 6) is -0.534. The number of pyridine rings is 2. The lowest BCUT2D eigenvalue weighted by Gasteiger charge is -2.35. The molecule has 3 N–H and O–H groups in total. The van der Waals surface area contributed by atoms with Gasteiger partial charge in [0.05, 0.1) is 0 Å². The van der Waals surface area contributed by atoms with Crippen molar-refractivity contribution in [1.82, 2.24) is 14.9 Å². The molecule has 0 bridgehead atoms. The Balaban J connectivity index is 1.65. The summed E-state index contributed by atoms with van der Waals surface area (Å²) in [7, 11) is 0. The average molecular weight is 362 g/mol. The maximum absolute atomic E-state index is 12.6. The molecule has 3 aromatic rings. The van der Waals surface area contributed by atoms with Crippen LogP contribution in [0.15, 0.2) is 53.6 Å². The number of hydrogen-bond acceptors (Lipinski definition) is 4. The summed E-state index contributed by atoms with van der Waals surface area (Å²) in [6.45, 7) is 1.66. The number of aromatic nitrogens is 2. The highest BCUT2D eigenvalue weighted by molar-refractivity contribution is 5.96. The summed E-state index contributed by atoms with van der Waals surface area (Å²) >= 11 is 0. The van der Waals surface area contributed by atoms with Gasteiger partial charge in [-0.25, -0.2) is 0 Å². The van der Waals surface area contributed by atoms with E-state index < -0.39 is 5.91 Å². The highest BCUT2D eigenvalue weighted by atomic mass is 16.1. The van der Waals surface area contributed by atoms with Crippen molar-refractivity contribution in [3.05, 3.63) is 75.8 Å². The van der Waals surface area contributed by atoms with E-state index in [1.165, 1.54) is 12.0 Å². The van der Waals surface area contributed by atoms with Gasteiger partial charge in [-0.05, 0) is 49.2 Å². The number of carbonyl (C=O) groups is 1. The van der Waals surface area contributed by atoms with Crippen molar-refractivity contribution >= 4 is 16.8 Å². The fraction of sp³-hybridized carbons (Fsp3) is 0.286. The lowest BCUT2D eigenvalue weighted by Crippen LogP contribution is -2.33. The highest BCUT2D eigenvalue weighted by Gasteiger charge is 2.24. The van der Waals surface area contributed by atoms with Crippen molar-refractivity contribution in [1.29, 1.82) is 0 Å². The molecule has 0 aliphatic carbocycles. The Morgan fingerprint density at radius 1 is 1.26 bits per heavy atom. The summed E-state index contributed by atoms with van der Waals surface area (Å²) < 4.78 is 0. The first-order valence-electron chi connectivity index (χ1n) is 9.21. The smallest absolute Gasteiger partial charge is 0.248 e. The van der Waals surface area contributed by atoms with Crippen molar-refractivity contribution in [2.45, 2.75) is 31.8 Å². The zero-order valence-corrected chi connectivity index (χ0v) is 15.0. The van der Waals surface area contributed by atoms with Crippen molar-refractivity contribution in [3.8, 4) is 0 Å². The van der Waals surface area contributed by atoms with Gasteiger partial charge in [0.1, 0.15) is 0 Å². The van der Waals surface area contributed by atoms with Crippen LogP contribution in [-0.2, 0) is 6.54 Å². The minimum absolute atomic E-state index is 0.100. The molecule has 0 saturated carbocycles. The lowest BCUT2D eigenvalue weighted by molar-refractivity contribution is 0.100.